The molecule has 2 aromatic carbocycles. The van der Waals surface area contributed by atoms with E-state index in [1.165, 1.54) is 0 Å². The number of halogens is 2. The van der Waals surface area contributed by atoms with Gasteiger partial charge in [0.05, 0.1) is 10.6 Å². The minimum atomic E-state index is 0.218. The molecule has 5 heteroatoms. The number of hydrogen-bond acceptors (Lipinski definition) is 3. The summed E-state index contributed by atoms with van der Waals surface area (Å²) in [6.45, 7) is 1.93. The Kier molecular flexibility index (Phi) is 3.62. The Balaban J connectivity index is 2.28. The van der Waals surface area contributed by atoms with Crippen molar-refractivity contribution in [2.24, 2.45) is 0 Å². The molecule has 3 aromatic rings. The molecule has 0 fully saturated rings. The van der Waals surface area contributed by atoms with E-state index in [4.69, 9.17) is 33.5 Å². The van der Waals surface area contributed by atoms with Gasteiger partial charge in [0.15, 0.2) is 0 Å². The normalized spacial score (nSPS) is 10.8. The molecule has 0 aliphatic rings. The van der Waals surface area contributed by atoms with Gasteiger partial charge in [-0.15, -0.1) is 0 Å². The third kappa shape index (κ3) is 2.39. The van der Waals surface area contributed by atoms with Gasteiger partial charge in [0.2, 0.25) is 5.88 Å². The van der Waals surface area contributed by atoms with Crippen LogP contribution in [0.1, 0.15) is 5.56 Å². The van der Waals surface area contributed by atoms with Crippen LogP contribution in [0.5, 0.6) is 0 Å². The molecule has 3 nitrogen and oxygen atoms in total. The zero-order chi connectivity index (χ0) is 15.0. The van der Waals surface area contributed by atoms with E-state index >= 15 is 0 Å². The van der Waals surface area contributed by atoms with E-state index in [0.717, 1.165) is 16.7 Å². The summed E-state index contributed by atoms with van der Waals surface area (Å²) in [5.74, 6) is 0.218. The largest absolute Gasteiger partial charge is 0.367 e. The summed E-state index contributed by atoms with van der Waals surface area (Å²) in [6, 6.07) is 13.1. The predicted octanol–water partition coefficient (Wildman–Crippen LogP) is 5.21. The lowest BCUT2D eigenvalue weighted by Gasteiger charge is -2.07. The first-order valence-corrected chi connectivity index (χ1v) is 7.10. The molecular formula is C16H12Cl2N2O. The summed E-state index contributed by atoms with van der Waals surface area (Å²) >= 11 is 12.6. The first-order chi connectivity index (χ1) is 10.1. The van der Waals surface area contributed by atoms with Crippen molar-refractivity contribution in [2.75, 3.05) is 5.73 Å². The van der Waals surface area contributed by atoms with Crippen LogP contribution in [-0.4, -0.2) is 5.16 Å². The van der Waals surface area contributed by atoms with Gasteiger partial charge < -0.3 is 10.3 Å². The standard InChI is InChI=1S/C16H12Cl2N2O/c1-9-5-4-7-11(14(9)18)15-13(16(19)21-20-15)10-6-2-3-8-12(10)17/h2-8H,19H2,1H3. The van der Waals surface area contributed by atoms with Crippen LogP contribution in [0.15, 0.2) is 47.0 Å². The van der Waals surface area contributed by atoms with Crippen molar-refractivity contribution in [3.8, 4) is 22.4 Å². The van der Waals surface area contributed by atoms with Crippen LogP contribution in [0.2, 0.25) is 10.0 Å². The van der Waals surface area contributed by atoms with E-state index in [2.05, 4.69) is 5.16 Å². The second-order valence-corrected chi connectivity index (χ2v) is 5.47. The predicted molar refractivity (Wildman–Crippen MR) is 86.5 cm³/mol. The Hall–Kier alpha value is -1.97. The molecule has 1 heterocycles. The van der Waals surface area contributed by atoms with Crippen LogP contribution < -0.4 is 5.73 Å². The topological polar surface area (TPSA) is 52.0 Å². The number of aryl methyl sites for hydroxylation is 1. The number of rotatable bonds is 2. The summed E-state index contributed by atoms with van der Waals surface area (Å²) in [6.07, 6.45) is 0. The fraction of sp³-hybridized carbons (Fsp3) is 0.0625. The third-order valence-corrected chi connectivity index (χ3v) is 4.14. The zero-order valence-electron chi connectivity index (χ0n) is 11.2. The van der Waals surface area contributed by atoms with E-state index in [9.17, 15) is 0 Å². The molecule has 21 heavy (non-hydrogen) atoms. The van der Waals surface area contributed by atoms with Crippen LogP contribution in [0.25, 0.3) is 22.4 Å². The molecule has 0 atom stereocenters. The van der Waals surface area contributed by atoms with Crippen molar-refractivity contribution in [1.29, 1.82) is 0 Å². The highest BCUT2D eigenvalue weighted by Gasteiger charge is 2.21. The quantitative estimate of drug-likeness (QED) is 0.706. The number of nitrogens with zero attached hydrogens (tertiary/aromatic N) is 1. The van der Waals surface area contributed by atoms with Crippen molar-refractivity contribution in [3.63, 3.8) is 0 Å². The Labute approximate surface area is 132 Å². The van der Waals surface area contributed by atoms with Crippen LogP contribution in [0.4, 0.5) is 5.88 Å². The SMILES string of the molecule is Cc1cccc(-c2noc(N)c2-c2ccccc2Cl)c1Cl. The molecule has 0 saturated carbocycles. The first kappa shape index (κ1) is 14.0. The van der Waals surface area contributed by atoms with Crippen molar-refractivity contribution in [1.82, 2.24) is 5.16 Å². The monoisotopic (exact) mass is 318 g/mol. The van der Waals surface area contributed by atoms with Gasteiger partial charge in [-0.1, -0.05) is 64.8 Å². The lowest BCUT2D eigenvalue weighted by atomic mass is 10.00. The molecule has 0 amide bonds. The van der Waals surface area contributed by atoms with Crippen LogP contribution in [0.3, 0.4) is 0 Å². The van der Waals surface area contributed by atoms with Crippen LogP contribution >= 0.6 is 23.2 Å². The summed E-state index contributed by atoms with van der Waals surface area (Å²) in [5.41, 5.74) is 9.69. The van der Waals surface area contributed by atoms with Gasteiger partial charge in [-0.3, -0.25) is 0 Å². The zero-order valence-corrected chi connectivity index (χ0v) is 12.7. The van der Waals surface area contributed by atoms with Crippen molar-refractivity contribution in [3.05, 3.63) is 58.1 Å². The number of hydrogen-bond donors (Lipinski definition) is 1. The third-order valence-electron chi connectivity index (χ3n) is 3.31. The highest BCUT2D eigenvalue weighted by atomic mass is 35.5. The molecule has 0 radical (unpaired) electrons. The molecule has 0 aliphatic heterocycles. The average molecular weight is 319 g/mol. The summed E-state index contributed by atoms with van der Waals surface area (Å²) in [7, 11) is 0. The summed E-state index contributed by atoms with van der Waals surface area (Å²) in [4.78, 5) is 0. The van der Waals surface area contributed by atoms with Crippen molar-refractivity contribution < 1.29 is 4.52 Å². The fourth-order valence-corrected chi connectivity index (χ4v) is 2.69. The summed E-state index contributed by atoms with van der Waals surface area (Å²) in [5, 5.41) is 5.27. The van der Waals surface area contributed by atoms with Crippen LogP contribution in [0, 0.1) is 6.92 Å². The number of nitrogens with two attached hydrogens (primary N) is 1. The molecule has 0 saturated heterocycles. The van der Waals surface area contributed by atoms with Gasteiger partial charge in [-0.2, -0.15) is 0 Å². The van der Waals surface area contributed by atoms with Gasteiger partial charge in [0.25, 0.3) is 0 Å². The lowest BCUT2D eigenvalue weighted by Crippen LogP contribution is -1.90. The van der Waals surface area contributed by atoms with Crippen molar-refractivity contribution in [2.45, 2.75) is 6.92 Å². The number of benzene rings is 2. The molecule has 106 valence electrons. The highest BCUT2D eigenvalue weighted by molar-refractivity contribution is 6.35. The maximum absolute atomic E-state index is 6.38. The van der Waals surface area contributed by atoms with Gasteiger partial charge in [0.1, 0.15) is 5.69 Å². The van der Waals surface area contributed by atoms with E-state index in [1.54, 1.807) is 6.07 Å². The Morgan fingerprint density at radius 1 is 1.00 bits per heavy atom. The molecule has 0 unspecified atom stereocenters. The number of nitrogen functional groups attached to an aromatic ring is 1. The Morgan fingerprint density at radius 2 is 1.71 bits per heavy atom. The Morgan fingerprint density at radius 3 is 2.48 bits per heavy atom. The fourth-order valence-electron chi connectivity index (χ4n) is 2.24. The molecule has 0 spiro atoms. The van der Waals surface area contributed by atoms with E-state index in [0.29, 0.717) is 21.3 Å². The van der Waals surface area contributed by atoms with Gasteiger partial charge in [0, 0.05) is 16.1 Å². The first-order valence-electron chi connectivity index (χ1n) is 6.35. The minimum Gasteiger partial charge on any atom is -0.367 e. The average Bonchev–Trinajstić information content (AvgIpc) is 2.84. The highest BCUT2D eigenvalue weighted by Crippen LogP contribution is 2.41. The van der Waals surface area contributed by atoms with E-state index in [-0.39, 0.29) is 5.88 Å². The molecule has 2 N–H and O–H groups in total. The number of aromatic nitrogens is 1. The summed E-state index contributed by atoms with van der Waals surface area (Å²) < 4.78 is 5.16. The smallest absolute Gasteiger partial charge is 0.230 e. The molecular weight excluding hydrogens is 307 g/mol. The van der Waals surface area contributed by atoms with Gasteiger partial charge in [-0.05, 0) is 18.6 Å². The molecule has 3 rings (SSSR count). The van der Waals surface area contributed by atoms with E-state index < -0.39 is 0 Å². The maximum atomic E-state index is 6.38. The molecule has 1 aromatic heterocycles. The van der Waals surface area contributed by atoms with Crippen molar-refractivity contribution >= 4 is 29.1 Å². The van der Waals surface area contributed by atoms with Gasteiger partial charge >= 0.3 is 0 Å². The lowest BCUT2D eigenvalue weighted by molar-refractivity contribution is 0.439. The van der Waals surface area contributed by atoms with Crippen LogP contribution in [-0.2, 0) is 0 Å². The minimum absolute atomic E-state index is 0.218. The van der Waals surface area contributed by atoms with Gasteiger partial charge in [-0.25, -0.2) is 0 Å². The molecule has 0 aliphatic carbocycles. The Bertz CT molecular complexity index is 812. The van der Waals surface area contributed by atoms with E-state index in [1.807, 2.05) is 43.3 Å². The molecule has 0 bridgehead atoms. The second-order valence-electron chi connectivity index (χ2n) is 4.69. The number of anilines is 1. The second kappa shape index (κ2) is 5.43. The maximum Gasteiger partial charge on any atom is 0.230 e.